The molecule has 1 aromatic rings. The molecule has 0 spiro atoms. The van der Waals surface area contributed by atoms with Crippen molar-refractivity contribution in [3.63, 3.8) is 0 Å². The zero-order valence-electron chi connectivity index (χ0n) is 6.65. The maximum atomic E-state index is 8.78. The number of nitrogens with zero attached hydrogens (tertiary/aromatic N) is 1. The first-order chi connectivity index (χ1) is 5.65. The van der Waals surface area contributed by atoms with Gasteiger partial charge in [-0.1, -0.05) is 12.1 Å². The lowest BCUT2D eigenvalue weighted by Crippen LogP contribution is -2.29. The second-order valence-corrected chi connectivity index (χ2v) is 2.56. The molecule has 0 aliphatic carbocycles. The third-order valence-corrected chi connectivity index (χ3v) is 1.67. The largest absolute Gasteiger partial charge is 0.488 e. The van der Waals surface area contributed by atoms with E-state index < -0.39 is 7.12 Å². The van der Waals surface area contributed by atoms with Gasteiger partial charge in [0.25, 0.3) is 0 Å². The predicted octanol–water partition coefficient (Wildman–Crippen LogP) is -0.454. The summed E-state index contributed by atoms with van der Waals surface area (Å²) in [6, 6.07) is 6.68. The topological polar surface area (TPSA) is 64.2 Å². The van der Waals surface area contributed by atoms with Gasteiger partial charge < -0.3 is 10.0 Å². The minimum atomic E-state index is -1.46. The molecule has 0 aliphatic heterocycles. The quantitative estimate of drug-likeness (QED) is 0.548. The Morgan fingerprint density at radius 3 is 2.50 bits per heavy atom. The molecule has 0 aromatic heterocycles. The molecule has 12 heavy (non-hydrogen) atoms. The van der Waals surface area contributed by atoms with E-state index >= 15 is 0 Å². The van der Waals surface area contributed by atoms with E-state index in [4.69, 9.17) is 15.3 Å². The van der Waals surface area contributed by atoms with Crippen molar-refractivity contribution in [3.05, 3.63) is 29.3 Å². The van der Waals surface area contributed by atoms with Crippen LogP contribution in [0, 0.1) is 18.3 Å². The van der Waals surface area contributed by atoms with Gasteiger partial charge in [0, 0.05) is 0 Å². The number of nitriles is 1. The average Bonchev–Trinajstić information content (AvgIpc) is 2.04. The van der Waals surface area contributed by atoms with Crippen LogP contribution in [-0.4, -0.2) is 17.2 Å². The van der Waals surface area contributed by atoms with E-state index in [0.717, 1.165) is 5.56 Å². The lowest BCUT2D eigenvalue weighted by molar-refractivity contribution is 0.425. The minimum absolute atomic E-state index is 0.409. The molecule has 0 amide bonds. The SMILES string of the molecule is Cc1cc(B(O)O)ccc1C#N. The van der Waals surface area contributed by atoms with Crippen LogP contribution in [0.3, 0.4) is 0 Å². The average molecular weight is 161 g/mol. The highest BCUT2D eigenvalue weighted by atomic mass is 16.4. The molecule has 2 N–H and O–H groups in total. The van der Waals surface area contributed by atoms with Crippen molar-refractivity contribution < 1.29 is 10.0 Å². The molecular weight excluding hydrogens is 153 g/mol. The summed E-state index contributed by atoms with van der Waals surface area (Å²) in [5.41, 5.74) is 1.72. The lowest BCUT2D eigenvalue weighted by Gasteiger charge is -2.01. The Morgan fingerprint density at radius 2 is 2.08 bits per heavy atom. The molecule has 3 nitrogen and oxygen atoms in total. The van der Waals surface area contributed by atoms with Crippen molar-refractivity contribution in [1.82, 2.24) is 0 Å². The molecule has 0 bridgehead atoms. The number of hydrogen-bond donors (Lipinski definition) is 2. The summed E-state index contributed by atoms with van der Waals surface area (Å²) in [4.78, 5) is 0. The first-order valence-electron chi connectivity index (χ1n) is 3.52. The first kappa shape index (κ1) is 8.79. The second-order valence-electron chi connectivity index (χ2n) is 2.56. The number of rotatable bonds is 1. The van der Waals surface area contributed by atoms with Gasteiger partial charge in [-0.2, -0.15) is 5.26 Å². The monoisotopic (exact) mass is 161 g/mol. The Kier molecular flexibility index (Phi) is 2.49. The normalized spacial score (nSPS) is 9.17. The Bertz CT molecular complexity index is 330. The van der Waals surface area contributed by atoms with Crippen LogP contribution in [-0.2, 0) is 0 Å². The van der Waals surface area contributed by atoms with Gasteiger partial charge in [-0.05, 0) is 24.0 Å². The van der Waals surface area contributed by atoms with Gasteiger partial charge in [0.2, 0.25) is 0 Å². The smallest absolute Gasteiger partial charge is 0.423 e. The van der Waals surface area contributed by atoms with Gasteiger partial charge in [-0.25, -0.2) is 0 Å². The van der Waals surface area contributed by atoms with E-state index in [9.17, 15) is 0 Å². The summed E-state index contributed by atoms with van der Waals surface area (Å²) in [7, 11) is -1.46. The molecule has 1 rings (SSSR count). The third kappa shape index (κ3) is 1.64. The Morgan fingerprint density at radius 1 is 1.42 bits per heavy atom. The zero-order valence-corrected chi connectivity index (χ0v) is 6.65. The molecule has 4 heteroatoms. The van der Waals surface area contributed by atoms with Gasteiger partial charge in [0.05, 0.1) is 11.6 Å². The molecule has 0 saturated heterocycles. The standard InChI is InChI=1S/C8H8BNO2/c1-6-4-8(9(11)12)3-2-7(6)5-10/h2-4,11-12H,1H3. The van der Waals surface area contributed by atoms with E-state index in [2.05, 4.69) is 0 Å². The molecule has 0 atom stereocenters. The van der Waals surface area contributed by atoms with Crippen LogP contribution in [0.1, 0.15) is 11.1 Å². The number of benzene rings is 1. The highest BCUT2D eigenvalue weighted by Crippen LogP contribution is 2.03. The van der Waals surface area contributed by atoms with Gasteiger partial charge in [-0.15, -0.1) is 0 Å². The summed E-state index contributed by atoms with van der Waals surface area (Å²) < 4.78 is 0. The van der Waals surface area contributed by atoms with Crippen molar-refractivity contribution in [2.75, 3.05) is 0 Å². The third-order valence-electron chi connectivity index (χ3n) is 1.67. The fourth-order valence-corrected chi connectivity index (χ4v) is 0.973. The van der Waals surface area contributed by atoms with Crippen molar-refractivity contribution in [2.24, 2.45) is 0 Å². The minimum Gasteiger partial charge on any atom is -0.423 e. The van der Waals surface area contributed by atoms with Crippen molar-refractivity contribution in [2.45, 2.75) is 6.92 Å². The van der Waals surface area contributed by atoms with Gasteiger partial charge in [-0.3, -0.25) is 0 Å². The fourth-order valence-electron chi connectivity index (χ4n) is 0.973. The number of hydrogen-bond acceptors (Lipinski definition) is 3. The van der Waals surface area contributed by atoms with E-state index in [-0.39, 0.29) is 0 Å². The Labute approximate surface area is 71.0 Å². The van der Waals surface area contributed by atoms with Gasteiger partial charge in [0.15, 0.2) is 0 Å². The summed E-state index contributed by atoms with van der Waals surface area (Å²) >= 11 is 0. The van der Waals surface area contributed by atoms with Crippen LogP contribution in [0.2, 0.25) is 0 Å². The fraction of sp³-hybridized carbons (Fsp3) is 0.125. The van der Waals surface area contributed by atoms with Crippen LogP contribution in [0.5, 0.6) is 0 Å². The summed E-state index contributed by atoms with van der Waals surface area (Å²) in [6.07, 6.45) is 0. The van der Waals surface area contributed by atoms with E-state index in [1.54, 1.807) is 19.1 Å². The molecule has 0 heterocycles. The highest BCUT2D eigenvalue weighted by Gasteiger charge is 2.11. The van der Waals surface area contributed by atoms with Crippen LogP contribution < -0.4 is 5.46 Å². The molecule has 1 aromatic carbocycles. The van der Waals surface area contributed by atoms with E-state index in [1.807, 2.05) is 6.07 Å². The van der Waals surface area contributed by atoms with E-state index in [0.29, 0.717) is 11.0 Å². The summed E-state index contributed by atoms with van der Waals surface area (Å²) in [5, 5.41) is 26.1. The summed E-state index contributed by atoms with van der Waals surface area (Å²) in [5.74, 6) is 0. The maximum absolute atomic E-state index is 8.78. The first-order valence-corrected chi connectivity index (χ1v) is 3.52. The molecule has 0 radical (unpaired) electrons. The van der Waals surface area contributed by atoms with Crippen LogP contribution >= 0.6 is 0 Å². The second kappa shape index (κ2) is 3.39. The molecule has 0 unspecified atom stereocenters. The molecular formula is C8H8BNO2. The van der Waals surface area contributed by atoms with Crippen LogP contribution in [0.25, 0.3) is 0 Å². The van der Waals surface area contributed by atoms with E-state index in [1.165, 1.54) is 6.07 Å². The Hall–Kier alpha value is -1.31. The summed E-state index contributed by atoms with van der Waals surface area (Å²) in [6.45, 7) is 1.75. The number of aryl methyl sites for hydroxylation is 1. The Balaban J connectivity index is 3.12. The zero-order chi connectivity index (χ0) is 9.14. The molecule has 0 fully saturated rings. The molecule has 0 saturated carbocycles. The van der Waals surface area contributed by atoms with Crippen molar-refractivity contribution in [1.29, 1.82) is 5.26 Å². The lowest BCUT2D eigenvalue weighted by atomic mass is 9.79. The van der Waals surface area contributed by atoms with Crippen LogP contribution in [0.15, 0.2) is 18.2 Å². The molecule has 0 aliphatic rings. The van der Waals surface area contributed by atoms with Gasteiger partial charge in [0.1, 0.15) is 0 Å². The van der Waals surface area contributed by atoms with Crippen molar-refractivity contribution >= 4 is 12.6 Å². The highest BCUT2D eigenvalue weighted by molar-refractivity contribution is 6.58. The molecule has 60 valence electrons. The van der Waals surface area contributed by atoms with Crippen LogP contribution in [0.4, 0.5) is 0 Å². The van der Waals surface area contributed by atoms with Crippen molar-refractivity contribution in [3.8, 4) is 6.07 Å². The predicted molar refractivity (Wildman–Crippen MR) is 45.7 cm³/mol. The maximum Gasteiger partial charge on any atom is 0.488 e. The van der Waals surface area contributed by atoms with Gasteiger partial charge >= 0.3 is 7.12 Å².